The second kappa shape index (κ2) is 11.0. The average Bonchev–Trinajstić information content (AvgIpc) is 3.24. The number of carbonyl (C=O) groups is 1. The summed E-state index contributed by atoms with van der Waals surface area (Å²) in [6.45, 7) is 1.87. The van der Waals surface area contributed by atoms with Gasteiger partial charge in [-0.3, -0.25) is 4.79 Å². The molecule has 0 heterocycles. The van der Waals surface area contributed by atoms with Gasteiger partial charge in [0.05, 0.1) is 10.6 Å². The van der Waals surface area contributed by atoms with Gasteiger partial charge in [0.15, 0.2) is 0 Å². The monoisotopic (exact) mass is 432 g/mol. The van der Waals surface area contributed by atoms with Crippen LogP contribution < -0.4 is 10.6 Å². The van der Waals surface area contributed by atoms with Gasteiger partial charge in [-0.05, 0) is 80.5 Å². The maximum Gasteiger partial charge on any atom is 0.252 e. The number of aryl methyl sites for hydroxylation is 1. The lowest BCUT2D eigenvalue weighted by Crippen LogP contribution is -2.43. The minimum atomic E-state index is 0. The standard InChI is InChI=1S/C25H37ClN2O.CH4/c26-23-12-11-19(8-5-15-27-21-9-1-2-10-21)16-22(23)24(29)28-18-25-13-3-6-20(17-25)7-4-14-25;/h11-12,16,20-21,27H,1-10,13-15,17-18H2,(H,28,29);1H4. The highest BCUT2D eigenvalue weighted by atomic mass is 35.5. The van der Waals surface area contributed by atoms with E-state index in [1.54, 1.807) is 0 Å². The van der Waals surface area contributed by atoms with Crippen LogP contribution in [0.4, 0.5) is 0 Å². The molecule has 0 aromatic heterocycles. The Balaban J connectivity index is 0.00000256. The fraction of sp³-hybridized carbons (Fsp3) is 0.731. The molecule has 0 spiro atoms. The van der Waals surface area contributed by atoms with E-state index in [1.165, 1.54) is 76.2 Å². The number of amides is 1. The molecule has 0 unspecified atom stereocenters. The average molecular weight is 433 g/mol. The minimum Gasteiger partial charge on any atom is -0.351 e. The molecule has 0 saturated heterocycles. The number of halogens is 1. The second-order valence-electron chi connectivity index (χ2n) is 9.89. The number of benzene rings is 1. The van der Waals surface area contributed by atoms with Gasteiger partial charge in [0, 0.05) is 12.6 Å². The quantitative estimate of drug-likeness (QED) is 0.458. The molecule has 3 fully saturated rings. The van der Waals surface area contributed by atoms with Crippen molar-refractivity contribution in [1.82, 2.24) is 10.6 Å². The summed E-state index contributed by atoms with van der Waals surface area (Å²) in [6.07, 6.45) is 16.7. The first-order valence-corrected chi connectivity index (χ1v) is 12.3. The van der Waals surface area contributed by atoms with Crippen LogP contribution in [0.5, 0.6) is 0 Å². The van der Waals surface area contributed by atoms with Crippen LogP contribution in [0.15, 0.2) is 18.2 Å². The third kappa shape index (κ3) is 6.01. The van der Waals surface area contributed by atoms with Crippen LogP contribution in [0.2, 0.25) is 5.02 Å². The first-order valence-electron chi connectivity index (χ1n) is 11.9. The Morgan fingerprint density at radius 3 is 2.53 bits per heavy atom. The molecule has 1 aromatic carbocycles. The summed E-state index contributed by atoms with van der Waals surface area (Å²) < 4.78 is 0. The van der Waals surface area contributed by atoms with Gasteiger partial charge in [-0.2, -0.15) is 0 Å². The van der Waals surface area contributed by atoms with Gasteiger partial charge in [-0.25, -0.2) is 0 Å². The molecule has 168 valence electrons. The van der Waals surface area contributed by atoms with Gasteiger partial charge in [0.2, 0.25) is 0 Å². The Hall–Kier alpha value is -1.06. The summed E-state index contributed by atoms with van der Waals surface area (Å²) in [5.74, 6) is 0.891. The molecule has 4 rings (SSSR count). The molecular weight excluding hydrogens is 392 g/mol. The number of hydrogen-bond donors (Lipinski definition) is 2. The van der Waals surface area contributed by atoms with Crippen LogP contribution in [-0.2, 0) is 6.42 Å². The Morgan fingerprint density at radius 1 is 1.07 bits per heavy atom. The fourth-order valence-electron chi connectivity index (χ4n) is 6.06. The molecule has 0 aliphatic heterocycles. The van der Waals surface area contributed by atoms with Crippen LogP contribution in [0.1, 0.15) is 100 Å². The molecule has 30 heavy (non-hydrogen) atoms. The third-order valence-electron chi connectivity index (χ3n) is 7.69. The van der Waals surface area contributed by atoms with Gasteiger partial charge in [-0.15, -0.1) is 0 Å². The first kappa shape index (κ1) is 23.6. The fourth-order valence-corrected chi connectivity index (χ4v) is 6.27. The highest BCUT2D eigenvalue weighted by Crippen LogP contribution is 2.48. The van der Waals surface area contributed by atoms with Gasteiger partial charge in [-0.1, -0.05) is 63.6 Å². The molecule has 1 aromatic rings. The smallest absolute Gasteiger partial charge is 0.252 e. The summed E-state index contributed by atoms with van der Waals surface area (Å²) in [7, 11) is 0. The second-order valence-corrected chi connectivity index (χ2v) is 10.3. The number of carbonyl (C=O) groups excluding carboxylic acids is 1. The summed E-state index contributed by atoms with van der Waals surface area (Å²) in [5, 5.41) is 7.49. The van der Waals surface area contributed by atoms with E-state index in [0.29, 0.717) is 16.0 Å². The molecule has 3 aliphatic rings. The molecule has 3 saturated carbocycles. The van der Waals surface area contributed by atoms with Crippen LogP contribution in [0, 0.1) is 11.3 Å². The number of fused-ring (bicyclic) bond motifs is 2. The lowest BCUT2D eigenvalue weighted by Gasteiger charge is -2.45. The van der Waals surface area contributed by atoms with E-state index >= 15 is 0 Å². The maximum atomic E-state index is 12.9. The Bertz CT molecular complexity index is 688. The van der Waals surface area contributed by atoms with Crippen LogP contribution in [0.3, 0.4) is 0 Å². The molecule has 0 radical (unpaired) electrons. The first-order chi connectivity index (χ1) is 14.1. The van der Waals surface area contributed by atoms with Crippen molar-refractivity contribution < 1.29 is 4.79 Å². The Kier molecular flexibility index (Phi) is 8.65. The third-order valence-corrected chi connectivity index (χ3v) is 8.02. The van der Waals surface area contributed by atoms with E-state index in [2.05, 4.69) is 16.7 Å². The summed E-state index contributed by atoms with van der Waals surface area (Å²) >= 11 is 6.39. The van der Waals surface area contributed by atoms with E-state index in [0.717, 1.165) is 37.9 Å². The number of nitrogens with one attached hydrogen (secondary N) is 2. The normalized spacial score (nSPS) is 26.2. The zero-order valence-electron chi connectivity index (χ0n) is 17.8. The van der Waals surface area contributed by atoms with Crippen molar-refractivity contribution in [1.29, 1.82) is 0 Å². The highest BCUT2D eigenvalue weighted by Gasteiger charge is 2.39. The minimum absolute atomic E-state index is 0. The van der Waals surface area contributed by atoms with E-state index < -0.39 is 0 Å². The van der Waals surface area contributed by atoms with Crippen LogP contribution in [-0.4, -0.2) is 25.0 Å². The Labute approximate surface area is 188 Å². The molecule has 2 bridgehead atoms. The summed E-state index contributed by atoms with van der Waals surface area (Å²) in [6, 6.07) is 6.70. The zero-order chi connectivity index (χ0) is 20.1. The molecule has 4 heteroatoms. The van der Waals surface area contributed by atoms with Crippen molar-refractivity contribution in [2.24, 2.45) is 11.3 Å². The van der Waals surface area contributed by atoms with Crippen molar-refractivity contribution >= 4 is 17.5 Å². The van der Waals surface area contributed by atoms with E-state index in [4.69, 9.17) is 11.6 Å². The summed E-state index contributed by atoms with van der Waals surface area (Å²) in [4.78, 5) is 12.9. The van der Waals surface area contributed by atoms with Crippen molar-refractivity contribution in [3.8, 4) is 0 Å². The highest BCUT2D eigenvalue weighted by molar-refractivity contribution is 6.33. The topological polar surface area (TPSA) is 41.1 Å². The predicted octanol–water partition coefficient (Wildman–Crippen LogP) is 6.53. The number of hydrogen-bond acceptors (Lipinski definition) is 2. The van der Waals surface area contributed by atoms with Crippen molar-refractivity contribution in [3.05, 3.63) is 34.3 Å². The lowest BCUT2D eigenvalue weighted by molar-refractivity contribution is 0.0682. The molecule has 1 amide bonds. The largest absolute Gasteiger partial charge is 0.351 e. The van der Waals surface area contributed by atoms with Crippen LogP contribution in [0.25, 0.3) is 0 Å². The lowest BCUT2D eigenvalue weighted by atomic mass is 9.62. The number of rotatable bonds is 8. The molecule has 2 N–H and O–H groups in total. The zero-order valence-corrected chi connectivity index (χ0v) is 18.5. The SMILES string of the molecule is C.O=C(NCC12CCCC(CCC1)C2)c1cc(CCCNC2CCCC2)ccc1Cl. The molecular formula is C26H41ClN2O. The molecule has 0 atom stereocenters. The predicted molar refractivity (Wildman–Crippen MR) is 127 cm³/mol. The maximum absolute atomic E-state index is 12.9. The van der Waals surface area contributed by atoms with E-state index in [9.17, 15) is 4.79 Å². The van der Waals surface area contributed by atoms with Gasteiger partial charge in [0.25, 0.3) is 5.91 Å². The molecule has 3 nitrogen and oxygen atoms in total. The molecule has 3 aliphatic carbocycles. The van der Waals surface area contributed by atoms with Crippen molar-refractivity contribution in [2.45, 2.75) is 96.9 Å². The van der Waals surface area contributed by atoms with Gasteiger partial charge in [0.1, 0.15) is 0 Å². The van der Waals surface area contributed by atoms with Gasteiger partial charge >= 0.3 is 0 Å². The van der Waals surface area contributed by atoms with Crippen LogP contribution >= 0.6 is 11.6 Å². The van der Waals surface area contributed by atoms with Crippen molar-refractivity contribution in [2.75, 3.05) is 13.1 Å². The van der Waals surface area contributed by atoms with Crippen molar-refractivity contribution in [3.63, 3.8) is 0 Å². The van der Waals surface area contributed by atoms with Gasteiger partial charge < -0.3 is 10.6 Å². The van der Waals surface area contributed by atoms with E-state index in [1.807, 2.05) is 12.1 Å². The summed E-state index contributed by atoms with van der Waals surface area (Å²) in [5.41, 5.74) is 2.20. The Morgan fingerprint density at radius 2 is 1.80 bits per heavy atom. The van der Waals surface area contributed by atoms with E-state index in [-0.39, 0.29) is 13.3 Å².